The van der Waals surface area contributed by atoms with E-state index >= 15 is 0 Å². The molecule has 2 heterocycles. The van der Waals surface area contributed by atoms with Crippen molar-refractivity contribution in [2.45, 2.75) is 6.92 Å². The van der Waals surface area contributed by atoms with Gasteiger partial charge < -0.3 is 5.32 Å². The molecule has 0 radical (unpaired) electrons. The maximum absolute atomic E-state index is 12.3. The lowest BCUT2D eigenvalue weighted by molar-refractivity contribution is 0.103. The van der Waals surface area contributed by atoms with Crippen molar-refractivity contribution in [1.29, 1.82) is 0 Å². The van der Waals surface area contributed by atoms with E-state index in [1.807, 2.05) is 30.3 Å². The molecule has 0 saturated heterocycles. The number of carbonyl (C=O) groups is 1. The van der Waals surface area contributed by atoms with Gasteiger partial charge in [-0.3, -0.25) is 4.79 Å². The largest absolute Gasteiger partial charge is 0.321 e. The Kier molecular flexibility index (Phi) is 4.96. The maximum atomic E-state index is 12.3. The molecule has 0 aliphatic heterocycles. The number of hydrogen-bond donors (Lipinski definition) is 1. The minimum absolute atomic E-state index is 0.121. The molecule has 0 unspecified atom stereocenters. The van der Waals surface area contributed by atoms with Crippen molar-refractivity contribution in [1.82, 2.24) is 4.98 Å². The van der Waals surface area contributed by atoms with Gasteiger partial charge >= 0.3 is 0 Å². The van der Waals surface area contributed by atoms with Crippen LogP contribution < -0.4 is 5.32 Å². The third-order valence-electron chi connectivity index (χ3n) is 3.80. The SMILES string of the molecule is Cc1ccc2nc(-c3ccc(NC(=O)c4cc(Br)c(Br)s4)cc3)sc2c1. The zero-order valence-electron chi connectivity index (χ0n) is 13.5. The molecule has 0 saturated carbocycles. The van der Waals surface area contributed by atoms with E-state index in [9.17, 15) is 4.79 Å². The molecule has 26 heavy (non-hydrogen) atoms. The van der Waals surface area contributed by atoms with Gasteiger partial charge in [0.15, 0.2) is 0 Å². The van der Waals surface area contributed by atoms with Gasteiger partial charge in [-0.1, -0.05) is 6.07 Å². The first-order chi connectivity index (χ1) is 12.5. The highest BCUT2D eigenvalue weighted by Gasteiger charge is 2.13. The number of rotatable bonds is 3. The fourth-order valence-electron chi connectivity index (χ4n) is 2.50. The Hall–Kier alpha value is -1.54. The number of nitrogens with one attached hydrogen (secondary N) is 1. The number of nitrogens with zero attached hydrogens (tertiary/aromatic N) is 1. The molecule has 0 aliphatic carbocycles. The van der Waals surface area contributed by atoms with Crippen LogP contribution in [-0.2, 0) is 0 Å². The van der Waals surface area contributed by atoms with Crippen molar-refractivity contribution < 1.29 is 4.79 Å². The Morgan fingerprint density at radius 2 is 1.81 bits per heavy atom. The van der Waals surface area contributed by atoms with Crippen molar-refractivity contribution in [2.24, 2.45) is 0 Å². The standard InChI is InChI=1S/C19H12Br2N2OS2/c1-10-2-7-14-15(8-10)26-19(23-14)11-3-5-12(6-4-11)22-18(24)16-9-13(20)17(21)25-16/h2-9H,1H3,(H,22,24). The molecule has 0 fully saturated rings. The monoisotopic (exact) mass is 506 g/mol. The highest BCUT2D eigenvalue weighted by atomic mass is 79.9. The number of aryl methyl sites for hydroxylation is 1. The second-order valence-corrected chi connectivity index (χ2v) is 10.0. The van der Waals surface area contributed by atoms with Crippen LogP contribution in [0.4, 0.5) is 5.69 Å². The van der Waals surface area contributed by atoms with E-state index in [-0.39, 0.29) is 5.91 Å². The number of aromatic nitrogens is 1. The summed E-state index contributed by atoms with van der Waals surface area (Å²) in [7, 11) is 0. The lowest BCUT2D eigenvalue weighted by atomic mass is 10.2. The highest BCUT2D eigenvalue weighted by molar-refractivity contribution is 9.13. The summed E-state index contributed by atoms with van der Waals surface area (Å²) in [5.74, 6) is -0.121. The number of hydrogen-bond acceptors (Lipinski definition) is 4. The van der Waals surface area contributed by atoms with Gasteiger partial charge in [0.1, 0.15) is 5.01 Å². The number of carbonyl (C=O) groups excluding carboxylic acids is 1. The van der Waals surface area contributed by atoms with Gasteiger partial charge in [0.2, 0.25) is 0 Å². The topological polar surface area (TPSA) is 42.0 Å². The predicted octanol–water partition coefficient (Wildman–Crippen LogP) is 7.11. The minimum atomic E-state index is -0.121. The lowest BCUT2D eigenvalue weighted by Gasteiger charge is -2.04. The zero-order chi connectivity index (χ0) is 18.3. The van der Waals surface area contributed by atoms with Gasteiger partial charge in [0, 0.05) is 15.7 Å². The van der Waals surface area contributed by atoms with Gasteiger partial charge in [0.25, 0.3) is 5.91 Å². The summed E-state index contributed by atoms with van der Waals surface area (Å²) in [6.07, 6.45) is 0. The Labute approximate surface area is 175 Å². The summed E-state index contributed by atoms with van der Waals surface area (Å²) in [6.45, 7) is 2.08. The first-order valence-corrected chi connectivity index (χ1v) is 11.0. The van der Waals surface area contributed by atoms with Crippen molar-refractivity contribution in [2.75, 3.05) is 5.32 Å². The van der Waals surface area contributed by atoms with E-state index < -0.39 is 0 Å². The highest BCUT2D eigenvalue weighted by Crippen LogP contribution is 2.33. The van der Waals surface area contributed by atoms with E-state index in [4.69, 9.17) is 4.98 Å². The third-order valence-corrected chi connectivity index (χ3v) is 8.12. The van der Waals surface area contributed by atoms with E-state index in [0.717, 1.165) is 30.0 Å². The second-order valence-electron chi connectivity index (χ2n) is 5.75. The van der Waals surface area contributed by atoms with Crippen LogP contribution in [0.1, 0.15) is 15.2 Å². The Morgan fingerprint density at radius 1 is 1.04 bits per heavy atom. The molecule has 1 N–H and O–H groups in total. The second kappa shape index (κ2) is 7.23. The van der Waals surface area contributed by atoms with Gasteiger partial charge in [-0.05, 0) is 86.8 Å². The molecule has 0 atom stereocenters. The van der Waals surface area contributed by atoms with Crippen LogP contribution in [-0.4, -0.2) is 10.9 Å². The third kappa shape index (κ3) is 3.62. The van der Waals surface area contributed by atoms with Gasteiger partial charge in [-0.25, -0.2) is 4.98 Å². The van der Waals surface area contributed by atoms with Crippen molar-refractivity contribution in [3.05, 3.63) is 67.2 Å². The van der Waals surface area contributed by atoms with Crippen LogP contribution in [0.2, 0.25) is 0 Å². The van der Waals surface area contributed by atoms with Crippen molar-refractivity contribution in [3.63, 3.8) is 0 Å². The van der Waals surface area contributed by atoms with E-state index in [2.05, 4.69) is 62.3 Å². The van der Waals surface area contributed by atoms with Crippen LogP contribution in [0, 0.1) is 6.92 Å². The maximum Gasteiger partial charge on any atom is 0.265 e. The quantitative estimate of drug-likeness (QED) is 0.321. The molecule has 3 nitrogen and oxygen atoms in total. The average Bonchev–Trinajstić information content (AvgIpc) is 3.19. The van der Waals surface area contributed by atoms with Crippen LogP contribution in [0.15, 0.2) is 56.8 Å². The van der Waals surface area contributed by atoms with Crippen molar-refractivity contribution in [3.8, 4) is 10.6 Å². The molecule has 4 aromatic rings. The van der Waals surface area contributed by atoms with E-state index in [1.54, 1.807) is 11.3 Å². The van der Waals surface area contributed by atoms with Gasteiger partial charge in [-0.15, -0.1) is 22.7 Å². The molecule has 0 aliphatic rings. The smallest absolute Gasteiger partial charge is 0.265 e. The summed E-state index contributed by atoms with van der Waals surface area (Å²) in [6, 6.07) is 15.9. The minimum Gasteiger partial charge on any atom is -0.321 e. The summed E-state index contributed by atoms with van der Waals surface area (Å²) in [5, 5.41) is 3.91. The zero-order valence-corrected chi connectivity index (χ0v) is 18.4. The summed E-state index contributed by atoms with van der Waals surface area (Å²) in [5.41, 5.74) is 4.05. The molecule has 7 heteroatoms. The number of halogens is 2. The van der Waals surface area contributed by atoms with Gasteiger partial charge in [0.05, 0.1) is 18.9 Å². The average molecular weight is 508 g/mol. The summed E-state index contributed by atoms with van der Waals surface area (Å²) < 4.78 is 2.98. The van der Waals surface area contributed by atoms with Gasteiger partial charge in [-0.2, -0.15) is 0 Å². The number of amides is 1. The molecular weight excluding hydrogens is 496 g/mol. The number of thiophene rings is 1. The number of anilines is 1. The number of thiazole rings is 1. The van der Waals surface area contributed by atoms with Crippen LogP contribution in [0.3, 0.4) is 0 Å². The molecular formula is C19H12Br2N2OS2. The van der Waals surface area contributed by atoms with E-state index in [0.29, 0.717) is 4.88 Å². The fourth-order valence-corrected chi connectivity index (χ4v) is 5.50. The molecule has 2 aromatic carbocycles. The normalized spacial score (nSPS) is 11.0. The molecule has 4 rings (SSSR count). The first-order valence-electron chi connectivity index (χ1n) is 7.73. The fraction of sp³-hybridized carbons (Fsp3) is 0.0526. The molecule has 0 bridgehead atoms. The van der Waals surface area contributed by atoms with E-state index in [1.165, 1.54) is 21.6 Å². The molecule has 1 amide bonds. The Morgan fingerprint density at radius 3 is 2.50 bits per heavy atom. The van der Waals surface area contributed by atoms with Crippen LogP contribution in [0.25, 0.3) is 20.8 Å². The Bertz CT molecular complexity index is 1100. The Balaban J connectivity index is 1.55. The van der Waals surface area contributed by atoms with Crippen LogP contribution >= 0.6 is 54.5 Å². The summed E-state index contributed by atoms with van der Waals surface area (Å²) in [4.78, 5) is 17.7. The van der Waals surface area contributed by atoms with Crippen molar-refractivity contribution >= 4 is 76.3 Å². The predicted molar refractivity (Wildman–Crippen MR) is 117 cm³/mol. The number of benzene rings is 2. The summed E-state index contributed by atoms with van der Waals surface area (Å²) >= 11 is 9.88. The molecule has 2 aromatic heterocycles. The van der Waals surface area contributed by atoms with Crippen LogP contribution in [0.5, 0.6) is 0 Å². The first kappa shape index (κ1) is 17.9. The number of fused-ring (bicyclic) bond motifs is 1. The molecule has 130 valence electrons. The lowest BCUT2D eigenvalue weighted by Crippen LogP contribution is -2.09. The molecule has 0 spiro atoms.